The molecule has 2 aromatic heterocycles. The molecule has 4 heterocycles. The van der Waals surface area contributed by atoms with E-state index in [2.05, 4.69) is 57.1 Å². The van der Waals surface area contributed by atoms with Crippen LogP contribution in [0, 0.1) is 0 Å². The molecule has 2 aliphatic rings. The molecule has 0 unspecified atom stereocenters. The Morgan fingerprint density at radius 3 is 2.43 bits per heavy atom. The Hall–Kier alpha value is -2.49. The summed E-state index contributed by atoms with van der Waals surface area (Å²) in [6.07, 6.45) is 1.67. The summed E-state index contributed by atoms with van der Waals surface area (Å²) in [4.78, 5) is 26.8. The number of likely N-dealkylation sites (N-methyl/N-ethyl adjacent to an activating group) is 2. The minimum atomic E-state index is 0.0528. The van der Waals surface area contributed by atoms with Crippen molar-refractivity contribution in [2.24, 2.45) is 0 Å². The average Bonchev–Trinajstić information content (AvgIpc) is 3.41. The Kier molecular flexibility index (Phi) is 5.18. The molecule has 158 valence electrons. The molecule has 0 aliphatic carbocycles. The van der Waals surface area contributed by atoms with Gasteiger partial charge in [-0.05, 0) is 26.2 Å². The Morgan fingerprint density at radius 1 is 1.00 bits per heavy atom. The van der Waals surface area contributed by atoms with Crippen molar-refractivity contribution < 1.29 is 9.32 Å². The third-order valence-corrected chi connectivity index (χ3v) is 7.03. The van der Waals surface area contributed by atoms with Crippen LogP contribution in [0.3, 0.4) is 0 Å². The summed E-state index contributed by atoms with van der Waals surface area (Å²) < 4.78 is 5.63. The van der Waals surface area contributed by atoms with Gasteiger partial charge in [-0.3, -0.25) is 4.79 Å². The third-order valence-electron chi connectivity index (χ3n) is 6.03. The summed E-state index contributed by atoms with van der Waals surface area (Å²) in [6.45, 7) is 7.45. The second kappa shape index (κ2) is 7.98. The third kappa shape index (κ3) is 3.68. The second-order valence-corrected chi connectivity index (χ2v) is 9.16. The van der Waals surface area contributed by atoms with Crippen LogP contribution in [-0.4, -0.2) is 97.2 Å². The van der Waals surface area contributed by atoms with E-state index < -0.39 is 0 Å². The number of rotatable bonds is 3. The lowest BCUT2D eigenvalue weighted by atomic mass is 10.1. The first kappa shape index (κ1) is 19.5. The zero-order valence-electron chi connectivity index (χ0n) is 17.4. The molecule has 0 N–H and O–H groups in total. The molecule has 0 atom stereocenters. The molecule has 0 radical (unpaired) electrons. The van der Waals surface area contributed by atoms with Crippen LogP contribution in [0.15, 0.2) is 28.9 Å². The van der Waals surface area contributed by atoms with Gasteiger partial charge in [0.2, 0.25) is 0 Å². The summed E-state index contributed by atoms with van der Waals surface area (Å²) in [6, 6.07) is 6.23. The molecule has 8 nitrogen and oxygen atoms in total. The predicted octanol–water partition coefficient (Wildman–Crippen LogP) is 2.09. The van der Waals surface area contributed by atoms with Crippen molar-refractivity contribution >= 4 is 33.9 Å². The molecule has 2 fully saturated rings. The topological polar surface area (TPSA) is 68.9 Å². The van der Waals surface area contributed by atoms with Crippen molar-refractivity contribution in [2.75, 3.05) is 71.4 Å². The predicted molar refractivity (Wildman–Crippen MR) is 118 cm³/mol. The number of piperazine rings is 2. The van der Waals surface area contributed by atoms with Crippen LogP contribution in [0.2, 0.25) is 0 Å². The van der Waals surface area contributed by atoms with Gasteiger partial charge >= 0.3 is 0 Å². The molecule has 9 heteroatoms. The van der Waals surface area contributed by atoms with Crippen LogP contribution in [0.25, 0.3) is 21.7 Å². The van der Waals surface area contributed by atoms with E-state index in [1.807, 2.05) is 4.90 Å². The van der Waals surface area contributed by atoms with Crippen molar-refractivity contribution in [1.29, 1.82) is 0 Å². The van der Waals surface area contributed by atoms with E-state index >= 15 is 0 Å². The van der Waals surface area contributed by atoms with Gasteiger partial charge < -0.3 is 24.1 Å². The van der Waals surface area contributed by atoms with Crippen molar-refractivity contribution in [2.45, 2.75) is 0 Å². The van der Waals surface area contributed by atoms with E-state index in [1.54, 1.807) is 6.20 Å². The number of carbonyl (C=O) groups excluding carboxylic acids is 1. The Bertz CT molecular complexity index is 1050. The molecule has 5 rings (SSSR count). The van der Waals surface area contributed by atoms with Crippen molar-refractivity contribution in [3.63, 3.8) is 0 Å². The maximum atomic E-state index is 12.8. The molecule has 0 bridgehead atoms. The number of amides is 1. The summed E-state index contributed by atoms with van der Waals surface area (Å²) in [5, 5.41) is 5.93. The highest BCUT2D eigenvalue weighted by Gasteiger charge is 2.24. The number of benzene rings is 1. The number of thiazole rings is 1. The van der Waals surface area contributed by atoms with Gasteiger partial charge in [0.1, 0.15) is 15.6 Å². The first-order valence-electron chi connectivity index (χ1n) is 10.4. The van der Waals surface area contributed by atoms with Crippen LogP contribution in [0.1, 0.15) is 9.67 Å². The van der Waals surface area contributed by atoms with E-state index in [1.165, 1.54) is 11.3 Å². The van der Waals surface area contributed by atoms with Crippen molar-refractivity contribution in [3.8, 4) is 10.7 Å². The lowest BCUT2D eigenvalue weighted by Crippen LogP contribution is -2.46. The van der Waals surface area contributed by atoms with Crippen molar-refractivity contribution in [3.05, 3.63) is 29.3 Å². The van der Waals surface area contributed by atoms with Crippen molar-refractivity contribution in [1.82, 2.24) is 24.8 Å². The van der Waals surface area contributed by atoms with Gasteiger partial charge in [0.05, 0.1) is 11.6 Å². The van der Waals surface area contributed by atoms with Gasteiger partial charge in [-0.15, -0.1) is 11.3 Å². The summed E-state index contributed by atoms with van der Waals surface area (Å²) >= 11 is 1.39. The second-order valence-electron chi connectivity index (χ2n) is 8.13. The molecule has 0 spiro atoms. The van der Waals surface area contributed by atoms with Crippen LogP contribution in [0.5, 0.6) is 0 Å². The fraction of sp³-hybridized carbons (Fsp3) is 0.476. The van der Waals surface area contributed by atoms with E-state index in [9.17, 15) is 4.79 Å². The van der Waals surface area contributed by atoms with Gasteiger partial charge in [-0.1, -0.05) is 5.16 Å². The van der Waals surface area contributed by atoms with Crippen LogP contribution in [0.4, 0.5) is 5.69 Å². The van der Waals surface area contributed by atoms with E-state index in [0.717, 1.165) is 74.0 Å². The molecule has 0 saturated carbocycles. The molecule has 3 aromatic rings. The first-order valence-corrected chi connectivity index (χ1v) is 11.2. The molecular weight excluding hydrogens is 400 g/mol. The number of hydrogen-bond donors (Lipinski definition) is 0. The molecule has 2 aliphatic heterocycles. The maximum Gasteiger partial charge on any atom is 0.265 e. The molecular formula is C21H26N6O2S. The van der Waals surface area contributed by atoms with Crippen LogP contribution >= 0.6 is 11.3 Å². The monoisotopic (exact) mass is 426 g/mol. The molecule has 1 aromatic carbocycles. The summed E-state index contributed by atoms with van der Waals surface area (Å²) in [5.74, 6) is 0.0528. The normalized spacial score (nSPS) is 19.0. The van der Waals surface area contributed by atoms with Crippen LogP contribution in [-0.2, 0) is 0 Å². The first-order chi connectivity index (χ1) is 14.6. The van der Waals surface area contributed by atoms with E-state index in [0.29, 0.717) is 10.6 Å². The Morgan fingerprint density at radius 2 is 1.70 bits per heavy atom. The van der Waals surface area contributed by atoms with Crippen LogP contribution < -0.4 is 4.90 Å². The minimum Gasteiger partial charge on any atom is -0.369 e. The van der Waals surface area contributed by atoms with Gasteiger partial charge in [0.25, 0.3) is 5.91 Å². The highest BCUT2D eigenvalue weighted by atomic mass is 32.1. The fourth-order valence-electron chi connectivity index (χ4n) is 3.99. The number of fused-ring (bicyclic) bond motifs is 1. The van der Waals surface area contributed by atoms with Gasteiger partial charge in [-0.2, -0.15) is 0 Å². The van der Waals surface area contributed by atoms with Gasteiger partial charge in [0.15, 0.2) is 5.58 Å². The lowest BCUT2D eigenvalue weighted by molar-refractivity contribution is 0.0668. The van der Waals surface area contributed by atoms with E-state index in [-0.39, 0.29) is 5.91 Å². The highest BCUT2D eigenvalue weighted by molar-refractivity contribution is 7.17. The Balaban J connectivity index is 1.36. The number of hydrogen-bond acceptors (Lipinski definition) is 8. The quantitative estimate of drug-likeness (QED) is 0.635. The largest absolute Gasteiger partial charge is 0.369 e. The maximum absolute atomic E-state index is 12.8. The molecule has 1 amide bonds. The smallest absolute Gasteiger partial charge is 0.265 e. The highest BCUT2D eigenvalue weighted by Crippen LogP contribution is 2.33. The van der Waals surface area contributed by atoms with Gasteiger partial charge in [0, 0.05) is 64.1 Å². The Labute approximate surface area is 179 Å². The number of aromatic nitrogens is 2. The number of carbonyl (C=O) groups is 1. The average molecular weight is 427 g/mol. The zero-order valence-corrected chi connectivity index (χ0v) is 18.2. The zero-order chi connectivity index (χ0) is 20.7. The summed E-state index contributed by atoms with van der Waals surface area (Å²) in [7, 11) is 4.23. The number of nitrogens with zero attached hydrogens (tertiary/aromatic N) is 6. The van der Waals surface area contributed by atoms with E-state index in [4.69, 9.17) is 4.52 Å². The van der Waals surface area contributed by atoms with Gasteiger partial charge in [-0.25, -0.2) is 4.98 Å². The summed E-state index contributed by atoms with van der Waals surface area (Å²) in [5.41, 5.74) is 2.62. The fourth-order valence-corrected chi connectivity index (χ4v) is 4.87. The standard InChI is InChI=1S/C21H26N6O2S/c1-24-5-9-26(10-6-24)15-3-4-16-17(13-15)29-23-19(16)20-22-14-18(30-20)21(28)27-11-7-25(2)8-12-27/h3-4,13-14H,5-12H2,1-2H3. The molecule has 2 saturated heterocycles. The lowest BCUT2D eigenvalue weighted by Gasteiger charge is -2.33. The minimum absolute atomic E-state index is 0.0528. The molecule has 30 heavy (non-hydrogen) atoms. The SMILES string of the molecule is CN1CCN(C(=O)c2cnc(-c3noc4cc(N5CCN(C)CC5)ccc34)s2)CC1. The number of anilines is 1.